The molecule has 20 heavy (non-hydrogen) atoms. The van der Waals surface area contributed by atoms with E-state index in [1.54, 1.807) is 0 Å². The molecule has 0 bridgehead atoms. The highest BCUT2D eigenvalue weighted by atomic mass is 32.1. The normalized spacial score (nSPS) is 12.7. The number of amides is 1. The number of pyridine rings is 1. The van der Waals surface area contributed by atoms with Crippen molar-refractivity contribution in [3.8, 4) is 0 Å². The molecule has 0 aliphatic rings. The summed E-state index contributed by atoms with van der Waals surface area (Å²) < 4.78 is 0. The van der Waals surface area contributed by atoms with E-state index >= 15 is 0 Å². The predicted molar refractivity (Wildman–Crippen MR) is 85.7 cm³/mol. The van der Waals surface area contributed by atoms with Gasteiger partial charge in [-0.1, -0.05) is 13.3 Å². The maximum absolute atomic E-state index is 12.4. The standard InChI is InChI=1S/C16H22N2OS/c1-6-7-10(3)17-15(19)14-12(5)13-9(2)8-11(4)18-16(13)20-14/h8,10H,6-7H2,1-5H3,(H,17,19). The van der Waals surface area contributed by atoms with Crippen LogP contribution in [-0.4, -0.2) is 16.9 Å². The highest BCUT2D eigenvalue weighted by molar-refractivity contribution is 7.20. The van der Waals surface area contributed by atoms with E-state index in [9.17, 15) is 4.79 Å². The number of fused-ring (bicyclic) bond motifs is 1. The minimum atomic E-state index is 0.0310. The van der Waals surface area contributed by atoms with Gasteiger partial charge in [-0.3, -0.25) is 4.79 Å². The zero-order valence-electron chi connectivity index (χ0n) is 12.8. The molecule has 2 aromatic rings. The monoisotopic (exact) mass is 290 g/mol. The SMILES string of the molecule is CCCC(C)NC(=O)c1sc2nc(C)cc(C)c2c1C. The van der Waals surface area contributed by atoms with Crippen molar-refractivity contribution >= 4 is 27.5 Å². The first-order chi connectivity index (χ1) is 9.43. The molecule has 0 aliphatic carbocycles. The van der Waals surface area contributed by atoms with Crippen LogP contribution in [0.5, 0.6) is 0 Å². The molecule has 1 N–H and O–H groups in total. The smallest absolute Gasteiger partial charge is 0.261 e. The number of rotatable bonds is 4. The summed E-state index contributed by atoms with van der Waals surface area (Å²) in [6, 6.07) is 2.29. The van der Waals surface area contributed by atoms with E-state index in [0.29, 0.717) is 0 Å². The van der Waals surface area contributed by atoms with Crippen LogP contribution in [0.3, 0.4) is 0 Å². The van der Waals surface area contributed by atoms with Crippen LogP contribution in [0.15, 0.2) is 6.07 Å². The fourth-order valence-corrected chi connectivity index (χ4v) is 3.84. The van der Waals surface area contributed by atoms with Gasteiger partial charge in [-0.25, -0.2) is 4.98 Å². The largest absolute Gasteiger partial charge is 0.349 e. The second kappa shape index (κ2) is 5.92. The number of thiophene rings is 1. The van der Waals surface area contributed by atoms with E-state index in [2.05, 4.69) is 37.1 Å². The summed E-state index contributed by atoms with van der Waals surface area (Å²) in [6.45, 7) is 10.3. The van der Waals surface area contributed by atoms with Crippen LogP contribution in [0.4, 0.5) is 0 Å². The van der Waals surface area contributed by atoms with Crippen LogP contribution in [0.25, 0.3) is 10.2 Å². The number of nitrogens with zero attached hydrogens (tertiary/aromatic N) is 1. The Hall–Kier alpha value is -1.42. The first-order valence-corrected chi connectivity index (χ1v) is 7.93. The summed E-state index contributed by atoms with van der Waals surface area (Å²) in [6.07, 6.45) is 2.08. The fraction of sp³-hybridized carbons (Fsp3) is 0.500. The molecule has 0 spiro atoms. The number of carbonyl (C=O) groups is 1. The second-order valence-electron chi connectivity index (χ2n) is 5.48. The number of aryl methyl sites for hydroxylation is 3. The third kappa shape index (κ3) is 2.85. The molecule has 0 aromatic carbocycles. The van der Waals surface area contributed by atoms with Crippen molar-refractivity contribution in [1.82, 2.24) is 10.3 Å². The predicted octanol–water partition coefficient (Wildman–Crippen LogP) is 4.14. The van der Waals surface area contributed by atoms with Gasteiger partial charge in [0, 0.05) is 17.1 Å². The minimum absolute atomic E-state index is 0.0310. The molecule has 4 heteroatoms. The number of carbonyl (C=O) groups excluding carboxylic acids is 1. The lowest BCUT2D eigenvalue weighted by Crippen LogP contribution is -2.32. The summed E-state index contributed by atoms with van der Waals surface area (Å²) in [4.78, 5) is 18.7. The number of hydrogen-bond donors (Lipinski definition) is 1. The third-order valence-electron chi connectivity index (χ3n) is 3.53. The summed E-state index contributed by atoms with van der Waals surface area (Å²) in [5.41, 5.74) is 3.25. The van der Waals surface area contributed by atoms with E-state index < -0.39 is 0 Å². The van der Waals surface area contributed by atoms with E-state index in [-0.39, 0.29) is 11.9 Å². The molecule has 0 saturated carbocycles. The second-order valence-corrected chi connectivity index (χ2v) is 6.48. The average Bonchev–Trinajstić information content (AvgIpc) is 2.66. The zero-order valence-corrected chi connectivity index (χ0v) is 13.6. The zero-order chi connectivity index (χ0) is 14.9. The molecule has 2 heterocycles. The van der Waals surface area contributed by atoms with E-state index in [1.165, 1.54) is 16.9 Å². The Morgan fingerprint density at radius 3 is 2.75 bits per heavy atom. The van der Waals surface area contributed by atoms with Crippen molar-refractivity contribution in [3.05, 3.63) is 27.8 Å². The number of nitrogens with one attached hydrogen (secondary N) is 1. The van der Waals surface area contributed by atoms with Crippen molar-refractivity contribution in [2.45, 2.75) is 53.5 Å². The molecular weight excluding hydrogens is 268 g/mol. The van der Waals surface area contributed by atoms with Gasteiger partial charge >= 0.3 is 0 Å². The average molecular weight is 290 g/mol. The maximum atomic E-state index is 12.4. The summed E-state index contributed by atoms with van der Waals surface area (Å²) in [5.74, 6) is 0.0310. The van der Waals surface area contributed by atoms with Crippen LogP contribution in [0, 0.1) is 20.8 Å². The summed E-state index contributed by atoms with van der Waals surface area (Å²) >= 11 is 1.50. The lowest BCUT2D eigenvalue weighted by atomic mass is 10.1. The highest BCUT2D eigenvalue weighted by Crippen LogP contribution is 2.32. The Kier molecular flexibility index (Phi) is 4.43. The lowest BCUT2D eigenvalue weighted by Gasteiger charge is -2.12. The topological polar surface area (TPSA) is 42.0 Å². The molecule has 3 nitrogen and oxygen atoms in total. The molecule has 0 fully saturated rings. The van der Waals surface area contributed by atoms with Gasteiger partial charge in [0.2, 0.25) is 0 Å². The Labute approximate surface area is 124 Å². The van der Waals surface area contributed by atoms with Crippen molar-refractivity contribution < 1.29 is 4.79 Å². The Balaban J connectivity index is 2.38. The molecule has 0 saturated heterocycles. The summed E-state index contributed by atoms with van der Waals surface area (Å²) in [7, 11) is 0. The van der Waals surface area contributed by atoms with Crippen LogP contribution >= 0.6 is 11.3 Å². The van der Waals surface area contributed by atoms with Gasteiger partial charge in [0.05, 0.1) is 4.88 Å². The van der Waals surface area contributed by atoms with Crippen molar-refractivity contribution in [1.29, 1.82) is 0 Å². The van der Waals surface area contributed by atoms with E-state index in [1.807, 2.05) is 13.8 Å². The molecular formula is C16H22N2OS. The van der Waals surface area contributed by atoms with E-state index in [4.69, 9.17) is 0 Å². The molecule has 2 aromatic heterocycles. The van der Waals surface area contributed by atoms with Crippen molar-refractivity contribution in [2.75, 3.05) is 0 Å². The highest BCUT2D eigenvalue weighted by Gasteiger charge is 2.18. The molecule has 1 amide bonds. The quantitative estimate of drug-likeness (QED) is 0.919. The first kappa shape index (κ1) is 15.0. The Bertz CT molecular complexity index is 645. The van der Waals surface area contributed by atoms with Crippen molar-refractivity contribution in [3.63, 3.8) is 0 Å². The molecule has 0 radical (unpaired) electrons. The van der Waals surface area contributed by atoms with Gasteiger partial charge < -0.3 is 5.32 Å². The maximum Gasteiger partial charge on any atom is 0.261 e. The van der Waals surface area contributed by atoms with Gasteiger partial charge in [0.25, 0.3) is 5.91 Å². The van der Waals surface area contributed by atoms with Crippen LogP contribution in [-0.2, 0) is 0 Å². The first-order valence-electron chi connectivity index (χ1n) is 7.12. The lowest BCUT2D eigenvalue weighted by molar-refractivity contribution is 0.0942. The summed E-state index contributed by atoms with van der Waals surface area (Å²) in [5, 5.41) is 4.21. The molecule has 2 rings (SSSR count). The van der Waals surface area contributed by atoms with Gasteiger partial charge in [-0.2, -0.15) is 0 Å². The Morgan fingerprint density at radius 1 is 1.40 bits per heavy atom. The van der Waals surface area contributed by atoms with E-state index in [0.717, 1.165) is 39.2 Å². The van der Waals surface area contributed by atoms with Gasteiger partial charge in [-0.05, 0) is 51.3 Å². The number of hydrogen-bond acceptors (Lipinski definition) is 3. The molecule has 1 atom stereocenters. The van der Waals surface area contributed by atoms with Gasteiger partial charge in [0.1, 0.15) is 4.83 Å². The van der Waals surface area contributed by atoms with Crippen LogP contribution < -0.4 is 5.32 Å². The van der Waals surface area contributed by atoms with Crippen LogP contribution in [0.1, 0.15) is 53.2 Å². The minimum Gasteiger partial charge on any atom is -0.349 e. The van der Waals surface area contributed by atoms with Crippen LogP contribution in [0.2, 0.25) is 0 Å². The third-order valence-corrected chi connectivity index (χ3v) is 4.72. The number of aromatic nitrogens is 1. The van der Waals surface area contributed by atoms with Crippen molar-refractivity contribution in [2.24, 2.45) is 0 Å². The molecule has 108 valence electrons. The van der Waals surface area contributed by atoms with Gasteiger partial charge in [0.15, 0.2) is 0 Å². The fourth-order valence-electron chi connectivity index (χ4n) is 2.63. The molecule has 0 aliphatic heterocycles. The molecule has 1 unspecified atom stereocenters. The Morgan fingerprint density at radius 2 is 2.10 bits per heavy atom. The van der Waals surface area contributed by atoms with Gasteiger partial charge in [-0.15, -0.1) is 11.3 Å².